The highest BCUT2D eigenvalue weighted by Crippen LogP contribution is 2.34. The number of nitrogens with zero attached hydrogens (tertiary/aromatic N) is 2. The van der Waals surface area contributed by atoms with E-state index in [4.69, 9.17) is 4.74 Å². The van der Waals surface area contributed by atoms with Crippen molar-refractivity contribution in [3.63, 3.8) is 0 Å². The molecule has 19 heavy (non-hydrogen) atoms. The molecule has 1 aliphatic rings. The summed E-state index contributed by atoms with van der Waals surface area (Å²) in [6, 6.07) is 6.47. The molecule has 1 unspecified atom stereocenters. The second kappa shape index (κ2) is 5.05. The molecule has 4 heteroatoms. The quantitative estimate of drug-likeness (QED) is 0.915. The molecule has 0 aliphatic carbocycles. The third kappa shape index (κ3) is 2.24. The average Bonchev–Trinajstić information content (AvgIpc) is 3.06. The fourth-order valence-electron chi connectivity index (χ4n) is 2.59. The molecule has 0 saturated carbocycles. The van der Waals surface area contributed by atoms with Crippen molar-refractivity contribution in [3.05, 3.63) is 36.3 Å². The Bertz CT molecular complexity index is 577. The summed E-state index contributed by atoms with van der Waals surface area (Å²) in [4.78, 5) is 4.29. The second-order valence-corrected chi connectivity index (χ2v) is 4.99. The number of aromatic nitrogens is 2. The van der Waals surface area contributed by atoms with Gasteiger partial charge in [-0.15, -0.1) is 0 Å². The number of hydrogen-bond donors (Lipinski definition) is 1. The smallest absolute Gasteiger partial charge is 0.0951 e. The highest BCUT2D eigenvalue weighted by molar-refractivity contribution is 5.79. The number of benzene rings is 1. The van der Waals surface area contributed by atoms with Crippen LogP contribution in [0.2, 0.25) is 0 Å². The third-order valence-corrected chi connectivity index (χ3v) is 3.69. The topological polar surface area (TPSA) is 39.1 Å². The van der Waals surface area contributed by atoms with Gasteiger partial charge in [0, 0.05) is 24.9 Å². The maximum Gasteiger partial charge on any atom is 0.0951 e. The number of fused-ring (bicyclic) bond motifs is 1. The lowest BCUT2D eigenvalue weighted by molar-refractivity contribution is 0.103. The molecule has 2 aromatic rings. The summed E-state index contributed by atoms with van der Waals surface area (Å²) in [5, 5.41) is 3.48. The van der Waals surface area contributed by atoms with E-state index in [-0.39, 0.29) is 6.10 Å². The monoisotopic (exact) mass is 257 g/mol. The van der Waals surface area contributed by atoms with E-state index in [2.05, 4.69) is 40.0 Å². The normalized spacial score (nSPS) is 15.1. The maximum atomic E-state index is 5.34. The lowest BCUT2D eigenvalue weighted by Crippen LogP contribution is -2.14. The van der Waals surface area contributed by atoms with Gasteiger partial charge in [-0.05, 0) is 18.9 Å². The summed E-state index contributed by atoms with van der Waals surface area (Å²) in [6.07, 6.45) is 5.08. The standard InChI is InChI=1S/C15H19N3O/c1-11(19-2)9-18-10-16-8-14(18)13-5-3-4-12-6-7-17-15(12)13/h3-5,8,10-11,17H,6-7,9H2,1-2H3. The predicted octanol–water partition coefficient (Wildman–Crippen LogP) is 2.55. The van der Waals surface area contributed by atoms with Gasteiger partial charge in [-0.3, -0.25) is 0 Å². The van der Waals surface area contributed by atoms with E-state index < -0.39 is 0 Å². The van der Waals surface area contributed by atoms with Crippen molar-refractivity contribution >= 4 is 5.69 Å². The highest BCUT2D eigenvalue weighted by atomic mass is 16.5. The third-order valence-electron chi connectivity index (χ3n) is 3.69. The van der Waals surface area contributed by atoms with E-state index in [1.165, 1.54) is 16.8 Å². The van der Waals surface area contributed by atoms with E-state index in [1.807, 2.05) is 12.5 Å². The zero-order chi connectivity index (χ0) is 13.2. The Morgan fingerprint density at radius 2 is 2.37 bits per heavy atom. The van der Waals surface area contributed by atoms with Crippen molar-refractivity contribution in [1.29, 1.82) is 0 Å². The molecular weight excluding hydrogens is 238 g/mol. The van der Waals surface area contributed by atoms with Gasteiger partial charge in [0.15, 0.2) is 0 Å². The Hall–Kier alpha value is -1.81. The molecule has 2 heterocycles. The number of nitrogens with one attached hydrogen (secondary N) is 1. The zero-order valence-electron chi connectivity index (χ0n) is 11.4. The number of ether oxygens (including phenoxy) is 1. The van der Waals surface area contributed by atoms with Crippen LogP contribution in [0.3, 0.4) is 0 Å². The number of anilines is 1. The highest BCUT2D eigenvalue weighted by Gasteiger charge is 2.17. The molecular formula is C15H19N3O. The molecule has 0 amide bonds. The summed E-state index contributed by atoms with van der Waals surface area (Å²) < 4.78 is 7.50. The molecule has 4 nitrogen and oxygen atoms in total. The Kier molecular flexibility index (Phi) is 3.25. The molecule has 3 rings (SSSR count). The summed E-state index contributed by atoms with van der Waals surface area (Å²) >= 11 is 0. The van der Waals surface area contributed by atoms with Crippen LogP contribution in [0.4, 0.5) is 5.69 Å². The molecule has 0 radical (unpaired) electrons. The van der Waals surface area contributed by atoms with Crippen LogP contribution in [0.25, 0.3) is 11.3 Å². The van der Waals surface area contributed by atoms with Gasteiger partial charge in [-0.25, -0.2) is 4.98 Å². The zero-order valence-corrected chi connectivity index (χ0v) is 11.4. The van der Waals surface area contributed by atoms with Gasteiger partial charge < -0.3 is 14.6 Å². The molecule has 100 valence electrons. The number of rotatable bonds is 4. The van der Waals surface area contributed by atoms with E-state index >= 15 is 0 Å². The first kappa shape index (κ1) is 12.2. The Labute approximate surface area is 113 Å². The van der Waals surface area contributed by atoms with Gasteiger partial charge in [0.1, 0.15) is 0 Å². The minimum absolute atomic E-state index is 0.178. The van der Waals surface area contributed by atoms with Crippen LogP contribution in [-0.4, -0.2) is 29.3 Å². The number of imidazole rings is 1. The first-order chi connectivity index (χ1) is 9.29. The summed E-state index contributed by atoms with van der Waals surface area (Å²) in [6.45, 7) is 3.90. The molecule has 1 atom stereocenters. The first-order valence-electron chi connectivity index (χ1n) is 6.68. The molecule has 0 saturated heterocycles. The van der Waals surface area contributed by atoms with E-state index in [1.54, 1.807) is 7.11 Å². The van der Waals surface area contributed by atoms with E-state index in [0.717, 1.165) is 25.2 Å². The summed E-state index contributed by atoms with van der Waals surface area (Å²) in [5.41, 5.74) is 5.03. The number of hydrogen-bond acceptors (Lipinski definition) is 3. The van der Waals surface area contributed by atoms with Gasteiger partial charge in [0.2, 0.25) is 0 Å². The molecule has 0 bridgehead atoms. The van der Waals surface area contributed by atoms with Crippen molar-refractivity contribution in [2.24, 2.45) is 0 Å². The molecule has 1 aromatic heterocycles. The lowest BCUT2D eigenvalue weighted by atomic mass is 10.1. The maximum absolute atomic E-state index is 5.34. The average molecular weight is 257 g/mol. The largest absolute Gasteiger partial charge is 0.384 e. The van der Waals surface area contributed by atoms with E-state index in [9.17, 15) is 0 Å². The van der Waals surface area contributed by atoms with Gasteiger partial charge in [0.05, 0.1) is 30.9 Å². The molecule has 1 aromatic carbocycles. The van der Waals surface area contributed by atoms with Crippen molar-refractivity contribution in [1.82, 2.24) is 9.55 Å². The van der Waals surface area contributed by atoms with Gasteiger partial charge in [-0.2, -0.15) is 0 Å². The predicted molar refractivity (Wildman–Crippen MR) is 76.3 cm³/mol. The lowest BCUT2D eigenvalue weighted by Gasteiger charge is -2.15. The van der Waals surface area contributed by atoms with Crippen LogP contribution in [0.15, 0.2) is 30.7 Å². The fraction of sp³-hybridized carbons (Fsp3) is 0.400. The fourth-order valence-corrected chi connectivity index (χ4v) is 2.59. The Morgan fingerprint density at radius 1 is 1.47 bits per heavy atom. The Balaban J connectivity index is 1.99. The second-order valence-electron chi connectivity index (χ2n) is 4.99. The van der Waals surface area contributed by atoms with Crippen LogP contribution in [0.1, 0.15) is 12.5 Å². The van der Waals surface area contributed by atoms with Crippen LogP contribution < -0.4 is 5.32 Å². The number of methoxy groups -OCH3 is 1. The van der Waals surface area contributed by atoms with Gasteiger partial charge >= 0.3 is 0 Å². The first-order valence-corrected chi connectivity index (χ1v) is 6.68. The molecule has 0 spiro atoms. The van der Waals surface area contributed by atoms with E-state index in [0.29, 0.717) is 0 Å². The van der Waals surface area contributed by atoms with Crippen LogP contribution in [-0.2, 0) is 17.7 Å². The van der Waals surface area contributed by atoms with Gasteiger partial charge in [0.25, 0.3) is 0 Å². The molecule has 0 fully saturated rings. The minimum Gasteiger partial charge on any atom is -0.384 e. The van der Waals surface area contributed by atoms with Gasteiger partial charge in [-0.1, -0.05) is 18.2 Å². The van der Waals surface area contributed by atoms with Crippen molar-refractivity contribution in [2.75, 3.05) is 19.0 Å². The van der Waals surface area contributed by atoms with Crippen LogP contribution in [0, 0.1) is 0 Å². The summed E-state index contributed by atoms with van der Waals surface area (Å²) in [7, 11) is 1.74. The summed E-state index contributed by atoms with van der Waals surface area (Å²) in [5.74, 6) is 0. The number of para-hydroxylation sites is 1. The van der Waals surface area contributed by atoms with Crippen molar-refractivity contribution in [2.45, 2.75) is 26.0 Å². The SMILES string of the molecule is COC(C)Cn1cncc1-c1cccc2c1NCC2. The molecule has 1 aliphatic heterocycles. The Morgan fingerprint density at radius 3 is 3.21 bits per heavy atom. The van der Waals surface area contributed by atoms with Crippen molar-refractivity contribution < 1.29 is 4.74 Å². The van der Waals surface area contributed by atoms with Crippen molar-refractivity contribution in [3.8, 4) is 11.3 Å². The molecule has 1 N–H and O–H groups in total. The van der Waals surface area contributed by atoms with Crippen LogP contribution in [0.5, 0.6) is 0 Å². The minimum atomic E-state index is 0.178. The van der Waals surface area contributed by atoms with Crippen LogP contribution >= 0.6 is 0 Å².